The quantitative estimate of drug-likeness (QED) is 0.890. The van der Waals surface area contributed by atoms with Gasteiger partial charge in [0.15, 0.2) is 0 Å². The maximum absolute atomic E-state index is 6.03. The van der Waals surface area contributed by atoms with Gasteiger partial charge in [-0.2, -0.15) is 0 Å². The molecule has 0 spiro atoms. The van der Waals surface area contributed by atoms with Gasteiger partial charge in [-0.15, -0.1) is 0 Å². The van der Waals surface area contributed by atoms with E-state index in [2.05, 4.69) is 27.9 Å². The molecule has 1 aliphatic heterocycles. The van der Waals surface area contributed by atoms with Crippen LogP contribution in [-0.4, -0.2) is 47.3 Å². The lowest BCUT2D eigenvalue weighted by Crippen LogP contribution is -2.41. The SMILES string of the molecule is COC1(COc2ccccc2C)CCN(Cc2cnc[nH]2)C1. The predicted molar refractivity (Wildman–Crippen MR) is 84.9 cm³/mol. The number of aryl methyl sites for hydroxylation is 1. The number of nitrogens with one attached hydrogen (secondary N) is 1. The van der Waals surface area contributed by atoms with Gasteiger partial charge in [0.05, 0.1) is 6.33 Å². The number of aromatic nitrogens is 2. The average molecular weight is 301 g/mol. The Morgan fingerprint density at radius 3 is 2.95 bits per heavy atom. The topological polar surface area (TPSA) is 50.4 Å². The van der Waals surface area contributed by atoms with E-state index in [9.17, 15) is 0 Å². The van der Waals surface area contributed by atoms with Crippen LogP contribution in [0.1, 0.15) is 17.7 Å². The molecule has 0 bridgehead atoms. The summed E-state index contributed by atoms with van der Waals surface area (Å²) in [4.78, 5) is 9.59. The van der Waals surface area contributed by atoms with Gasteiger partial charge >= 0.3 is 0 Å². The minimum Gasteiger partial charge on any atom is -0.490 e. The molecule has 1 atom stereocenters. The van der Waals surface area contributed by atoms with Crippen LogP contribution in [0.4, 0.5) is 0 Å². The van der Waals surface area contributed by atoms with Crippen LogP contribution < -0.4 is 4.74 Å². The lowest BCUT2D eigenvalue weighted by atomic mass is 10.0. The lowest BCUT2D eigenvalue weighted by Gasteiger charge is -2.28. The zero-order chi connectivity index (χ0) is 15.4. The van der Waals surface area contributed by atoms with Gasteiger partial charge in [0.1, 0.15) is 18.0 Å². The van der Waals surface area contributed by atoms with Gasteiger partial charge in [0.2, 0.25) is 0 Å². The van der Waals surface area contributed by atoms with Crippen LogP contribution in [0.5, 0.6) is 5.75 Å². The minimum atomic E-state index is -0.234. The molecule has 1 unspecified atom stereocenters. The molecule has 1 saturated heterocycles. The summed E-state index contributed by atoms with van der Waals surface area (Å²) in [5.41, 5.74) is 2.05. The van der Waals surface area contributed by atoms with Crippen molar-refractivity contribution in [3.8, 4) is 5.75 Å². The van der Waals surface area contributed by atoms with Gasteiger partial charge in [0, 0.05) is 38.6 Å². The fourth-order valence-corrected chi connectivity index (χ4v) is 2.95. The van der Waals surface area contributed by atoms with Crippen molar-refractivity contribution in [3.63, 3.8) is 0 Å². The average Bonchev–Trinajstić information content (AvgIpc) is 3.18. The van der Waals surface area contributed by atoms with Gasteiger partial charge in [-0.1, -0.05) is 18.2 Å². The number of rotatable bonds is 6. The molecule has 1 aromatic heterocycles. The van der Waals surface area contributed by atoms with Gasteiger partial charge < -0.3 is 14.5 Å². The van der Waals surface area contributed by atoms with Crippen molar-refractivity contribution in [1.82, 2.24) is 14.9 Å². The van der Waals surface area contributed by atoms with Crippen molar-refractivity contribution in [3.05, 3.63) is 48.0 Å². The van der Waals surface area contributed by atoms with Gasteiger partial charge in [-0.3, -0.25) is 4.90 Å². The molecule has 0 saturated carbocycles. The van der Waals surface area contributed by atoms with Gasteiger partial charge in [-0.25, -0.2) is 4.98 Å². The fraction of sp³-hybridized carbons (Fsp3) is 0.471. The Bertz CT molecular complexity index is 600. The summed E-state index contributed by atoms with van der Waals surface area (Å²) in [6.45, 7) is 5.38. The standard InChI is InChI=1S/C17H23N3O2/c1-14-5-3-4-6-16(14)22-12-17(21-2)7-8-20(11-17)10-15-9-18-13-19-15/h3-6,9,13H,7-8,10-12H2,1-2H3,(H,18,19). The van der Waals surface area contributed by atoms with Crippen molar-refractivity contribution in [2.75, 3.05) is 26.8 Å². The first-order valence-corrected chi connectivity index (χ1v) is 7.64. The molecule has 2 aromatic rings. The molecule has 5 nitrogen and oxygen atoms in total. The van der Waals surface area contributed by atoms with Crippen LogP contribution in [0.15, 0.2) is 36.8 Å². The highest BCUT2D eigenvalue weighted by atomic mass is 16.5. The molecule has 1 fully saturated rings. The Morgan fingerprint density at radius 2 is 2.23 bits per heavy atom. The highest BCUT2D eigenvalue weighted by Gasteiger charge is 2.39. The van der Waals surface area contributed by atoms with Gasteiger partial charge in [0.25, 0.3) is 0 Å². The number of imidazole rings is 1. The van der Waals surface area contributed by atoms with Crippen molar-refractivity contribution in [2.24, 2.45) is 0 Å². The van der Waals surface area contributed by atoms with Crippen LogP contribution in [0, 0.1) is 6.92 Å². The summed E-state index contributed by atoms with van der Waals surface area (Å²) in [6, 6.07) is 8.10. The monoisotopic (exact) mass is 301 g/mol. The van der Waals surface area contributed by atoms with E-state index in [1.165, 1.54) is 0 Å². The Labute approximate surface area is 131 Å². The Morgan fingerprint density at radius 1 is 1.36 bits per heavy atom. The number of hydrogen-bond donors (Lipinski definition) is 1. The molecule has 22 heavy (non-hydrogen) atoms. The van der Waals surface area contributed by atoms with E-state index in [4.69, 9.17) is 9.47 Å². The summed E-state index contributed by atoms with van der Waals surface area (Å²) in [5, 5.41) is 0. The largest absolute Gasteiger partial charge is 0.490 e. The van der Waals surface area contributed by atoms with Crippen LogP contribution in [0.2, 0.25) is 0 Å². The second-order valence-corrected chi connectivity index (χ2v) is 5.98. The number of nitrogens with zero attached hydrogens (tertiary/aromatic N) is 2. The smallest absolute Gasteiger partial charge is 0.122 e. The maximum Gasteiger partial charge on any atom is 0.122 e. The number of aromatic amines is 1. The maximum atomic E-state index is 6.03. The van der Waals surface area contributed by atoms with Crippen LogP contribution in [0.25, 0.3) is 0 Å². The summed E-state index contributed by atoms with van der Waals surface area (Å²) in [5.74, 6) is 0.936. The fourth-order valence-electron chi connectivity index (χ4n) is 2.95. The highest BCUT2D eigenvalue weighted by Crippen LogP contribution is 2.28. The number of H-pyrrole nitrogens is 1. The Kier molecular flexibility index (Phi) is 4.45. The third-order valence-electron chi connectivity index (χ3n) is 4.36. The second-order valence-electron chi connectivity index (χ2n) is 5.98. The Balaban J connectivity index is 1.60. The molecular weight excluding hydrogens is 278 g/mol. The number of methoxy groups -OCH3 is 1. The van der Waals surface area contributed by atoms with Crippen molar-refractivity contribution in [1.29, 1.82) is 0 Å². The molecule has 1 N–H and O–H groups in total. The summed E-state index contributed by atoms with van der Waals surface area (Å²) >= 11 is 0. The van der Waals surface area contributed by atoms with Crippen LogP contribution >= 0.6 is 0 Å². The summed E-state index contributed by atoms with van der Waals surface area (Å²) in [6.07, 6.45) is 4.57. The lowest BCUT2D eigenvalue weighted by molar-refractivity contribution is -0.0361. The number of para-hydroxylation sites is 1. The molecule has 0 aliphatic carbocycles. The first-order valence-electron chi connectivity index (χ1n) is 7.64. The van der Waals surface area contributed by atoms with Gasteiger partial charge in [-0.05, 0) is 25.0 Å². The van der Waals surface area contributed by atoms with E-state index in [1.54, 1.807) is 13.4 Å². The number of hydrogen-bond acceptors (Lipinski definition) is 4. The molecular formula is C17H23N3O2. The molecule has 0 radical (unpaired) electrons. The minimum absolute atomic E-state index is 0.234. The highest BCUT2D eigenvalue weighted by molar-refractivity contribution is 5.31. The summed E-state index contributed by atoms with van der Waals surface area (Å²) < 4.78 is 11.8. The molecule has 1 aliphatic rings. The van der Waals surface area contributed by atoms with E-state index in [1.807, 2.05) is 24.4 Å². The molecule has 2 heterocycles. The van der Waals surface area contributed by atoms with Crippen LogP contribution in [-0.2, 0) is 11.3 Å². The summed E-state index contributed by atoms with van der Waals surface area (Å²) in [7, 11) is 1.78. The normalized spacial score (nSPS) is 22.1. The van der Waals surface area contributed by atoms with E-state index in [0.29, 0.717) is 6.61 Å². The molecule has 5 heteroatoms. The zero-order valence-corrected chi connectivity index (χ0v) is 13.2. The zero-order valence-electron chi connectivity index (χ0n) is 13.2. The van der Waals surface area contributed by atoms with E-state index < -0.39 is 0 Å². The van der Waals surface area contributed by atoms with E-state index >= 15 is 0 Å². The first-order chi connectivity index (χ1) is 10.7. The number of benzene rings is 1. The van der Waals surface area contributed by atoms with E-state index in [-0.39, 0.29) is 5.60 Å². The predicted octanol–water partition coefficient (Wildman–Crippen LogP) is 2.39. The molecule has 3 rings (SSSR count). The second kappa shape index (κ2) is 6.50. The first kappa shape index (κ1) is 15.1. The number of ether oxygens (including phenoxy) is 2. The molecule has 0 amide bonds. The third-order valence-corrected chi connectivity index (χ3v) is 4.36. The van der Waals surface area contributed by atoms with E-state index in [0.717, 1.165) is 43.1 Å². The van der Waals surface area contributed by atoms with Crippen molar-refractivity contribution >= 4 is 0 Å². The van der Waals surface area contributed by atoms with Crippen LogP contribution in [0.3, 0.4) is 0 Å². The van der Waals surface area contributed by atoms with Crippen molar-refractivity contribution in [2.45, 2.75) is 25.5 Å². The third kappa shape index (κ3) is 3.31. The molecule has 118 valence electrons. The number of likely N-dealkylation sites (tertiary alicyclic amines) is 1. The molecule has 1 aromatic carbocycles. The Hall–Kier alpha value is -1.85. The van der Waals surface area contributed by atoms with Crippen molar-refractivity contribution < 1.29 is 9.47 Å².